The normalized spacial score (nSPS) is 11.0. The molecule has 2 aromatic carbocycles. The molecule has 4 N–H and O–H groups in total. The smallest absolute Gasteiger partial charge is 0.251 e. The van der Waals surface area contributed by atoms with Gasteiger partial charge in [-0.3, -0.25) is 9.79 Å². The van der Waals surface area contributed by atoms with Crippen LogP contribution in [0.2, 0.25) is 0 Å². The van der Waals surface area contributed by atoms with Crippen LogP contribution < -0.4 is 25.8 Å². The molecule has 0 fully saturated rings. The van der Waals surface area contributed by atoms with Crippen LogP contribution in [0.5, 0.6) is 11.5 Å². The third kappa shape index (κ3) is 6.49. The molecule has 144 valence electrons. The van der Waals surface area contributed by atoms with Gasteiger partial charge in [0.15, 0.2) is 17.5 Å². The van der Waals surface area contributed by atoms with Crippen LogP contribution >= 0.6 is 15.9 Å². The van der Waals surface area contributed by atoms with E-state index >= 15 is 0 Å². The lowest BCUT2D eigenvalue weighted by Crippen LogP contribution is -2.26. The first-order valence-electron chi connectivity index (χ1n) is 8.36. The van der Waals surface area contributed by atoms with Crippen LogP contribution in [0, 0.1) is 0 Å². The van der Waals surface area contributed by atoms with Gasteiger partial charge in [0, 0.05) is 34.9 Å². The molecule has 0 aliphatic rings. The summed E-state index contributed by atoms with van der Waals surface area (Å²) in [7, 11) is 3.15. The summed E-state index contributed by atoms with van der Waals surface area (Å²) in [4.78, 5) is 16.3. The maximum Gasteiger partial charge on any atom is 0.251 e. The first kappa shape index (κ1) is 20.6. The highest BCUT2D eigenvalue weighted by molar-refractivity contribution is 9.10. The fourth-order valence-electron chi connectivity index (χ4n) is 2.31. The summed E-state index contributed by atoms with van der Waals surface area (Å²) in [6, 6.07) is 12.6. The molecule has 0 aliphatic carbocycles. The molecule has 0 unspecified atom stereocenters. The Balaban J connectivity index is 1.77. The van der Waals surface area contributed by atoms with Crippen LogP contribution in [0.4, 0.5) is 5.69 Å². The predicted octanol–water partition coefficient (Wildman–Crippen LogP) is 3.01. The minimum Gasteiger partial charge on any atom is -0.493 e. The summed E-state index contributed by atoms with van der Waals surface area (Å²) < 4.78 is 11.3. The molecular weight excluding hydrogens is 412 g/mol. The fourth-order valence-corrected chi connectivity index (χ4v) is 2.71. The molecule has 27 heavy (non-hydrogen) atoms. The lowest BCUT2D eigenvalue weighted by Gasteiger charge is -2.11. The van der Waals surface area contributed by atoms with Crippen LogP contribution in [0.15, 0.2) is 51.9 Å². The van der Waals surface area contributed by atoms with E-state index in [1.165, 1.54) is 0 Å². The Morgan fingerprint density at radius 3 is 2.63 bits per heavy atom. The number of carbonyl (C=O) groups excluding carboxylic acids is 1. The average Bonchev–Trinajstić information content (AvgIpc) is 2.67. The summed E-state index contributed by atoms with van der Waals surface area (Å²) in [5.41, 5.74) is 7.25. The first-order valence-corrected chi connectivity index (χ1v) is 9.15. The lowest BCUT2D eigenvalue weighted by atomic mass is 10.2. The minimum absolute atomic E-state index is 0.114. The Bertz CT molecular complexity index is 811. The van der Waals surface area contributed by atoms with Crippen molar-refractivity contribution in [2.45, 2.75) is 6.42 Å². The molecule has 0 bridgehead atoms. The Hall–Kier alpha value is -2.74. The van der Waals surface area contributed by atoms with Crippen molar-refractivity contribution in [1.82, 2.24) is 5.32 Å². The molecular formula is C19H23BrN4O3. The molecule has 0 radical (unpaired) electrons. The van der Waals surface area contributed by atoms with E-state index in [2.05, 4.69) is 31.6 Å². The van der Waals surface area contributed by atoms with Gasteiger partial charge in [-0.2, -0.15) is 0 Å². The third-order valence-electron chi connectivity index (χ3n) is 3.65. The van der Waals surface area contributed by atoms with Crippen LogP contribution in [-0.4, -0.2) is 39.2 Å². The van der Waals surface area contributed by atoms with Gasteiger partial charge >= 0.3 is 0 Å². The number of hydrogen-bond acceptors (Lipinski definition) is 4. The van der Waals surface area contributed by atoms with Crippen LogP contribution in [0.25, 0.3) is 0 Å². The quantitative estimate of drug-likeness (QED) is 0.337. The van der Waals surface area contributed by atoms with Crippen molar-refractivity contribution in [2.24, 2.45) is 10.7 Å². The minimum atomic E-state index is -0.114. The Labute approximate surface area is 167 Å². The number of amides is 1. The van der Waals surface area contributed by atoms with Gasteiger partial charge in [0.1, 0.15) is 0 Å². The number of rotatable bonds is 8. The second-order valence-electron chi connectivity index (χ2n) is 5.58. The zero-order valence-electron chi connectivity index (χ0n) is 15.3. The SMILES string of the molecule is COc1ccc(NC(N)=NCCCNC(=O)c2cccc(Br)c2)cc1OC. The van der Waals surface area contributed by atoms with Crippen molar-refractivity contribution in [3.05, 3.63) is 52.5 Å². The number of hydrogen-bond donors (Lipinski definition) is 3. The number of nitrogens with one attached hydrogen (secondary N) is 2. The highest BCUT2D eigenvalue weighted by Crippen LogP contribution is 2.29. The van der Waals surface area contributed by atoms with Crippen LogP contribution in [0.1, 0.15) is 16.8 Å². The van der Waals surface area contributed by atoms with E-state index in [4.69, 9.17) is 15.2 Å². The van der Waals surface area contributed by atoms with Gasteiger partial charge in [-0.05, 0) is 36.8 Å². The molecule has 1 amide bonds. The number of methoxy groups -OCH3 is 2. The maximum atomic E-state index is 12.0. The van der Waals surface area contributed by atoms with Gasteiger partial charge in [-0.1, -0.05) is 22.0 Å². The number of nitrogens with two attached hydrogens (primary N) is 1. The molecule has 7 nitrogen and oxygen atoms in total. The number of nitrogens with zero attached hydrogens (tertiary/aromatic N) is 1. The highest BCUT2D eigenvalue weighted by atomic mass is 79.9. The Morgan fingerprint density at radius 2 is 1.93 bits per heavy atom. The summed E-state index contributed by atoms with van der Waals surface area (Å²) in [5, 5.41) is 5.86. The first-order chi connectivity index (χ1) is 13.0. The average molecular weight is 435 g/mol. The summed E-state index contributed by atoms with van der Waals surface area (Å²) >= 11 is 3.35. The predicted molar refractivity (Wildman–Crippen MR) is 111 cm³/mol. The topological polar surface area (TPSA) is 98.0 Å². The van der Waals surface area contributed by atoms with Gasteiger partial charge in [-0.15, -0.1) is 0 Å². The maximum absolute atomic E-state index is 12.0. The lowest BCUT2D eigenvalue weighted by molar-refractivity contribution is 0.0953. The standard InChI is InChI=1S/C19H23BrN4O3/c1-26-16-8-7-15(12-17(16)27-2)24-19(21)23-10-4-9-22-18(25)13-5-3-6-14(20)11-13/h3,5-8,11-12H,4,9-10H2,1-2H3,(H,22,25)(H3,21,23,24). The Kier molecular flexibility index (Phi) is 7.94. The van der Waals surface area contributed by atoms with Crippen molar-refractivity contribution in [2.75, 3.05) is 32.6 Å². The van der Waals surface area contributed by atoms with Crippen molar-refractivity contribution in [3.63, 3.8) is 0 Å². The second-order valence-corrected chi connectivity index (χ2v) is 6.50. The molecule has 0 heterocycles. The van der Waals surface area contributed by atoms with E-state index in [1.54, 1.807) is 38.5 Å². The number of anilines is 1. The number of guanidine groups is 1. The molecule has 2 aromatic rings. The van der Waals surface area contributed by atoms with Gasteiger partial charge in [0.2, 0.25) is 0 Å². The number of halogens is 1. The summed E-state index contributed by atoms with van der Waals surface area (Å²) in [6.45, 7) is 1.00. The van der Waals surface area contributed by atoms with Gasteiger partial charge in [-0.25, -0.2) is 0 Å². The van der Waals surface area contributed by atoms with Gasteiger partial charge in [0.25, 0.3) is 5.91 Å². The van der Waals surface area contributed by atoms with Gasteiger partial charge < -0.3 is 25.8 Å². The zero-order chi connectivity index (χ0) is 19.6. The van der Waals surface area contributed by atoms with E-state index in [-0.39, 0.29) is 5.91 Å². The molecule has 8 heteroatoms. The van der Waals surface area contributed by atoms with Crippen molar-refractivity contribution < 1.29 is 14.3 Å². The molecule has 2 rings (SSSR count). The van der Waals surface area contributed by atoms with E-state index in [1.807, 2.05) is 18.2 Å². The van der Waals surface area contributed by atoms with Gasteiger partial charge in [0.05, 0.1) is 14.2 Å². The fraction of sp³-hybridized carbons (Fsp3) is 0.263. The Morgan fingerprint density at radius 1 is 1.15 bits per heavy atom. The largest absolute Gasteiger partial charge is 0.493 e. The van der Waals surface area contributed by atoms with E-state index < -0.39 is 0 Å². The van der Waals surface area contributed by atoms with Crippen molar-refractivity contribution in [3.8, 4) is 11.5 Å². The third-order valence-corrected chi connectivity index (χ3v) is 4.14. The summed E-state index contributed by atoms with van der Waals surface area (Å²) in [5.74, 6) is 1.42. The van der Waals surface area contributed by atoms with E-state index in [9.17, 15) is 4.79 Å². The highest BCUT2D eigenvalue weighted by Gasteiger charge is 2.06. The van der Waals surface area contributed by atoms with Crippen LogP contribution in [-0.2, 0) is 0 Å². The van der Waals surface area contributed by atoms with E-state index in [0.29, 0.717) is 42.5 Å². The number of benzene rings is 2. The summed E-state index contributed by atoms with van der Waals surface area (Å²) in [6.07, 6.45) is 0.675. The number of ether oxygens (including phenoxy) is 2. The molecule has 0 aliphatic heterocycles. The van der Waals surface area contributed by atoms with E-state index in [0.717, 1.165) is 10.2 Å². The molecule has 0 saturated carbocycles. The molecule has 0 spiro atoms. The van der Waals surface area contributed by atoms with Crippen molar-refractivity contribution in [1.29, 1.82) is 0 Å². The van der Waals surface area contributed by atoms with Crippen molar-refractivity contribution >= 4 is 33.5 Å². The number of carbonyl (C=O) groups is 1. The van der Waals surface area contributed by atoms with Crippen LogP contribution in [0.3, 0.4) is 0 Å². The molecule has 0 atom stereocenters. The zero-order valence-corrected chi connectivity index (χ0v) is 16.9. The molecule has 0 aromatic heterocycles. The second kappa shape index (κ2) is 10.4. The number of aliphatic imine (C=N–C) groups is 1. The molecule has 0 saturated heterocycles. The monoisotopic (exact) mass is 434 g/mol.